The molecule has 21 heavy (non-hydrogen) atoms. The molecule has 0 aromatic heterocycles. The van der Waals surface area contributed by atoms with E-state index in [9.17, 15) is 0 Å². The van der Waals surface area contributed by atoms with Crippen LogP contribution in [0, 0.1) is 0 Å². The highest BCUT2D eigenvalue weighted by Crippen LogP contribution is 2.15. The summed E-state index contributed by atoms with van der Waals surface area (Å²) in [6.07, 6.45) is 16.2. The topological polar surface area (TPSA) is 0 Å². The molecule has 0 aromatic rings. The first-order chi connectivity index (χ1) is 10.4. The molecule has 0 bridgehead atoms. The van der Waals surface area contributed by atoms with E-state index in [-0.39, 0.29) is 0 Å². The molecule has 3 rings (SSSR count). The highest BCUT2D eigenvalue weighted by atomic mass is 14.0. The molecule has 3 aliphatic carbocycles. The van der Waals surface area contributed by atoms with Gasteiger partial charge in [0.15, 0.2) is 0 Å². The summed E-state index contributed by atoms with van der Waals surface area (Å²) < 4.78 is 0. The zero-order chi connectivity index (χ0) is 17.8. The Morgan fingerprint density at radius 2 is 0.381 bits per heavy atom. The van der Waals surface area contributed by atoms with Crippen LogP contribution in [0.4, 0.5) is 0 Å². The Morgan fingerprint density at radius 1 is 0.333 bits per heavy atom. The van der Waals surface area contributed by atoms with E-state index < -0.39 is 0 Å². The van der Waals surface area contributed by atoms with Gasteiger partial charge >= 0.3 is 0 Å². The van der Waals surface area contributed by atoms with Gasteiger partial charge in [-0.05, 0) is 0 Å². The predicted octanol–water partition coefficient (Wildman–Crippen LogP) is 9.42. The van der Waals surface area contributed by atoms with Crippen LogP contribution in [0.25, 0.3) is 0 Å². The summed E-state index contributed by atoms with van der Waals surface area (Å²) in [5.41, 5.74) is 0. The summed E-state index contributed by atoms with van der Waals surface area (Å²) in [7, 11) is 0. The average Bonchev–Trinajstić information content (AvgIpc) is 3.39. The molecule has 3 aliphatic rings. The molecule has 0 N–H and O–H groups in total. The third-order valence-corrected chi connectivity index (χ3v) is 1.71. The summed E-state index contributed by atoms with van der Waals surface area (Å²) in [5, 5.41) is 0. The van der Waals surface area contributed by atoms with E-state index in [1.807, 2.05) is 55.4 Å². The molecular formula is C21H52. The van der Waals surface area contributed by atoms with Crippen LogP contribution in [0.3, 0.4) is 0 Å². The first kappa shape index (κ1) is 32.8. The van der Waals surface area contributed by atoms with Gasteiger partial charge in [-0.1, -0.05) is 140 Å². The fourth-order valence-electron chi connectivity index (χ4n) is 0.250. The minimum absolute atomic E-state index is 1.25. The smallest absolute Gasteiger partial charge is 0.0533 e. The van der Waals surface area contributed by atoms with Crippen molar-refractivity contribution in [3.05, 3.63) is 0 Å². The SMILES string of the molecule is C1CC1.C1CC1.C1CCC1.CC.CC.CC.CC.CCC. The van der Waals surface area contributed by atoms with Crippen molar-refractivity contribution >= 4 is 0 Å². The van der Waals surface area contributed by atoms with Gasteiger partial charge in [0.25, 0.3) is 0 Å². The monoisotopic (exact) mass is 304 g/mol. The van der Waals surface area contributed by atoms with E-state index in [1.54, 1.807) is 0 Å². The second-order valence-corrected chi connectivity index (χ2v) is 4.24. The molecule has 3 fully saturated rings. The van der Waals surface area contributed by atoms with Crippen LogP contribution in [0.15, 0.2) is 0 Å². The number of rotatable bonds is 0. The maximum atomic E-state index is 2.12. The van der Waals surface area contributed by atoms with Crippen LogP contribution < -0.4 is 0 Å². The Labute approximate surface area is 140 Å². The van der Waals surface area contributed by atoms with Gasteiger partial charge in [-0.25, -0.2) is 0 Å². The largest absolute Gasteiger partial charge is 0.0683 e. The van der Waals surface area contributed by atoms with E-state index in [1.165, 1.54) is 70.6 Å². The van der Waals surface area contributed by atoms with E-state index >= 15 is 0 Å². The lowest BCUT2D eigenvalue weighted by Crippen LogP contribution is -1.85. The lowest BCUT2D eigenvalue weighted by atomic mass is 10.0. The van der Waals surface area contributed by atoms with Crippen molar-refractivity contribution in [2.75, 3.05) is 0 Å². The fourth-order valence-corrected chi connectivity index (χ4v) is 0.250. The molecule has 0 aliphatic heterocycles. The minimum atomic E-state index is 1.25. The predicted molar refractivity (Wildman–Crippen MR) is 108 cm³/mol. The Bertz CT molecular complexity index is 52.6. The van der Waals surface area contributed by atoms with Gasteiger partial charge in [-0.3, -0.25) is 0 Å². The Morgan fingerprint density at radius 3 is 0.381 bits per heavy atom. The quantitative estimate of drug-likeness (QED) is 0.418. The molecule has 0 amide bonds. The Kier molecular flexibility index (Phi) is 93.2. The molecule has 136 valence electrons. The highest BCUT2D eigenvalue weighted by Gasteiger charge is 1.95. The first-order valence-corrected chi connectivity index (χ1v) is 10.4. The lowest BCUT2D eigenvalue weighted by molar-refractivity contribution is 0.504. The van der Waals surface area contributed by atoms with Crippen molar-refractivity contribution in [2.45, 2.75) is 140 Å². The number of hydrogen-bond acceptors (Lipinski definition) is 0. The van der Waals surface area contributed by atoms with Crippen LogP contribution >= 0.6 is 0 Å². The molecular weight excluding hydrogens is 252 g/mol. The lowest BCUT2D eigenvalue weighted by Gasteiger charge is -2.05. The molecule has 0 heteroatoms. The average molecular weight is 305 g/mol. The Hall–Kier alpha value is 0. The van der Waals surface area contributed by atoms with Gasteiger partial charge in [0.1, 0.15) is 0 Å². The molecule has 0 saturated heterocycles. The van der Waals surface area contributed by atoms with Crippen molar-refractivity contribution in [1.29, 1.82) is 0 Å². The maximum Gasteiger partial charge on any atom is -0.0533 e. The summed E-state index contributed by atoms with van der Waals surface area (Å²) in [4.78, 5) is 0. The molecule has 0 spiro atoms. The highest BCUT2D eigenvalue weighted by molar-refractivity contribution is 4.51. The van der Waals surface area contributed by atoms with E-state index in [0.29, 0.717) is 0 Å². The van der Waals surface area contributed by atoms with Crippen LogP contribution in [-0.2, 0) is 0 Å². The summed E-state index contributed by atoms with van der Waals surface area (Å²) >= 11 is 0. The van der Waals surface area contributed by atoms with E-state index in [4.69, 9.17) is 0 Å². The normalized spacial score (nSPS) is 13.4. The summed E-state index contributed by atoms with van der Waals surface area (Å²) in [5.74, 6) is 0. The minimum Gasteiger partial charge on any atom is -0.0683 e. The zero-order valence-electron chi connectivity index (χ0n) is 17.8. The van der Waals surface area contributed by atoms with Gasteiger partial charge in [0, 0.05) is 0 Å². The molecule has 0 aromatic carbocycles. The second kappa shape index (κ2) is 59.7. The van der Waals surface area contributed by atoms with Crippen molar-refractivity contribution in [3.63, 3.8) is 0 Å². The molecule has 0 heterocycles. The van der Waals surface area contributed by atoms with Crippen molar-refractivity contribution in [3.8, 4) is 0 Å². The van der Waals surface area contributed by atoms with Crippen LogP contribution in [-0.4, -0.2) is 0 Å². The van der Waals surface area contributed by atoms with Crippen LogP contribution in [0.1, 0.15) is 140 Å². The molecule has 0 nitrogen and oxygen atoms in total. The third kappa shape index (κ3) is 180. The van der Waals surface area contributed by atoms with Gasteiger partial charge in [-0.2, -0.15) is 0 Å². The standard InChI is InChI=1S/C4H8.2C3H6.C3H8.4C2H6/c1-2-4-3-1;2*1-2-3-1;1-3-2;4*1-2/h1-4H2;2*1-3H2;3H2,1-2H3;4*1-2H3. The van der Waals surface area contributed by atoms with Crippen molar-refractivity contribution < 1.29 is 0 Å². The molecule has 0 atom stereocenters. The van der Waals surface area contributed by atoms with Crippen LogP contribution in [0.5, 0.6) is 0 Å². The van der Waals surface area contributed by atoms with Gasteiger partial charge in [-0.15, -0.1) is 0 Å². The fraction of sp³-hybridized carbons (Fsp3) is 1.00. The van der Waals surface area contributed by atoms with E-state index in [2.05, 4.69) is 13.8 Å². The van der Waals surface area contributed by atoms with Crippen molar-refractivity contribution in [2.24, 2.45) is 0 Å². The second-order valence-electron chi connectivity index (χ2n) is 4.24. The first-order valence-electron chi connectivity index (χ1n) is 10.4. The third-order valence-electron chi connectivity index (χ3n) is 1.71. The Balaban J connectivity index is -0.0000000475. The van der Waals surface area contributed by atoms with E-state index in [0.717, 1.165) is 0 Å². The maximum absolute atomic E-state index is 2.12. The van der Waals surface area contributed by atoms with Crippen LogP contribution in [0.2, 0.25) is 0 Å². The summed E-state index contributed by atoms with van der Waals surface area (Å²) in [6.45, 7) is 20.2. The summed E-state index contributed by atoms with van der Waals surface area (Å²) in [6, 6.07) is 0. The van der Waals surface area contributed by atoms with Gasteiger partial charge < -0.3 is 0 Å². The number of hydrogen-bond donors (Lipinski definition) is 0. The molecule has 0 unspecified atom stereocenters. The molecule has 3 saturated carbocycles. The van der Waals surface area contributed by atoms with Gasteiger partial charge in [0.05, 0.1) is 0 Å². The zero-order valence-corrected chi connectivity index (χ0v) is 17.8. The van der Waals surface area contributed by atoms with Gasteiger partial charge in [0.2, 0.25) is 0 Å². The van der Waals surface area contributed by atoms with Crippen molar-refractivity contribution in [1.82, 2.24) is 0 Å². The molecule has 0 radical (unpaired) electrons.